The van der Waals surface area contributed by atoms with Crippen LogP contribution in [0.25, 0.3) is 0 Å². The Morgan fingerprint density at radius 3 is 1.13 bits per heavy atom. The van der Waals surface area contributed by atoms with E-state index in [1.165, 1.54) is 4.90 Å². The van der Waals surface area contributed by atoms with Gasteiger partial charge in [0.05, 0.1) is 71.1 Å². The second kappa shape index (κ2) is 58.2. The minimum atomic E-state index is -4.26. The minimum Gasteiger partial charge on any atom is -0.394 e. The smallest absolute Gasteiger partial charge is 0.394 e. The predicted molar refractivity (Wildman–Crippen MR) is 412 cm³/mol. The Kier molecular flexibility index (Phi) is 51.0. The number of carbonyl (C=O) groups excluding carboxylic acids is 8. The van der Waals surface area contributed by atoms with Gasteiger partial charge in [-0.3, -0.25) is 47.4 Å². The van der Waals surface area contributed by atoms with Crippen molar-refractivity contribution in [2.75, 3.05) is 139 Å². The Hall–Kier alpha value is -5.01. The molecule has 0 spiro atoms. The molecule has 0 aromatic heterocycles. The molecule has 0 bridgehead atoms. The number of phosphoric acid groups is 1. The van der Waals surface area contributed by atoms with Crippen LogP contribution in [-0.4, -0.2) is 383 Å². The van der Waals surface area contributed by atoms with E-state index in [1.807, 2.05) is 0 Å². The van der Waals surface area contributed by atoms with Gasteiger partial charge in [0, 0.05) is 143 Å². The number of ether oxygens (including phenoxy) is 9. The van der Waals surface area contributed by atoms with E-state index in [1.54, 1.807) is 4.90 Å². The molecule has 0 radical (unpaired) electrons. The molecule has 5 fully saturated rings. The van der Waals surface area contributed by atoms with Crippen LogP contribution in [0.1, 0.15) is 167 Å². The molecule has 0 saturated carbocycles. The maximum atomic E-state index is 14.2. The van der Waals surface area contributed by atoms with Gasteiger partial charge in [0.25, 0.3) is 0 Å². The zero-order chi connectivity index (χ0) is 86.4. The Balaban J connectivity index is 1.11. The SMILES string of the molecule is COP(=O)(O)OC[C@@H]1C[C@@H](O)CN1C(=O)CCCCCCCCCCC(=O)N1C[C@H](COCCC(=O)NCCCNC(=O)CCCCO[C@@H]2O[C@H](CO)[C@H](O)[C@H](O)[C@H]2O)[C@@H](OCCC(=O)NCCCNC(=O)CCCCO[C@@H]2O[C@H](CO)[C@H](O)[C@H](O)[C@H]2O)[C@H](OCCC(=O)NCCCNC(=O)CCCCO[C@@H]2O[C@H](CO)[C@H](O)[C@H](O)[C@H]2O)C1. The largest absolute Gasteiger partial charge is 0.471 e. The van der Waals surface area contributed by atoms with E-state index < -0.39 is 150 Å². The average Bonchev–Trinajstić information content (AvgIpc) is 1.21. The summed E-state index contributed by atoms with van der Waals surface area (Å²) in [6, 6.07) is -0.559. The molecule has 0 aromatic carbocycles. The molecule has 5 aliphatic rings. The molecule has 5 aliphatic heterocycles. The standard InChI is InChI=1S/C75H135N8O34P/c1-107-118(105,106)114-47-49-39-50(87)41-83(49)62(95)23-9-7-5-3-2-4-6-8-22-61(94)82-40-48(46-108-36-24-58(91)79-30-16-27-76-55(88)19-10-13-33-111-73-69(102)66(99)63(96)52(43-84)115-73)72(110-38-26-60(93)81-32-18-29-78-57(90)21-12-15-35-113-75-71(104)68(101)65(98)54(45-86)117-75)51(42-82)109-37-25-59(92)80-31-17-28-77-56(89)20-11-14-34-112-74-70(103)67(100)64(97)53(44-85)116-74/h48-54,63-75,84-87,96-104H,2-47H2,1H3,(H,76,88)(H,77,89)(H,78,90)(H,79,91)(H,80,92)(H,81,93)(H,105,106)/t48-,49+,50-,51-,52-,53-,54-,63+,64+,65+,66+,67+,68+,69-,70-,71-,72-,73-,74-,75-/m1/s1. The summed E-state index contributed by atoms with van der Waals surface area (Å²) in [7, 11) is -3.23. The van der Waals surface area contributed by atoms with E-state index >= 15 is 0 Å². The number of hydrogen-bond donors (Lipinski definition) is 20. The molecule has 684 valence electrons. The third-order valence-electron chi connectivity index (χ3n) is 20.8. The number of aliphatic hydroxyl groups excluding tert-OH is 13. The van der Waals surface area contributed by atoms with Gasteiger partial charge in [-0.1, -0.05) is 38.5 Å². The first kappa shape index (κ1) is 104. The van der Waals surface area contributed by atoms with Crippen LogP contribution in [0.4, 0.5) is 0 Å². The number of nitrogens with zero attached hydrogens (tertiary/aromatic N) is 2. The number of likely N-dealkylation sites (tertiary alicyclic amines) is 2. The van der Waals surface area contributed by atoms with Crippen molar-refractivity contribution in [3.63, 3.8) is 0 Å². The first-order chi connectivity index (χ1) is 56.6. The Labute approximate surface area is 688 Å². The van der Waals surface area contributed by atoms with Gasteiger partial charge in [0.2, 0.25) is 47.3 Å². The first-order valence-corrected chi connectivity index (χ1v) is 43.1. The maximum Gasteiger partial charge on any atom is 0.471 e. The van der Waals surface area contributed by atoms with Crippen LogP contribution in [0.2, 0.25) is 0 Å². The molecule has 0 aliphatic carbocycles. The summed E-state index contributed by atoms with van der Waals surface area (Å²) in [5.41, 5.74) is 0. The van der Waals surface area contributed by atoms with E-state index in [-0.39, 0.29) is 217 Å². The highest BCUT2D eigenvalue weighted by atomic mass is 31.2. The topological polar surface area (TPSA) is 617 Å². The summed E-state index contributed by atoms with van der Waals surface area (Å²) in [5.74, 6) is -2.73. The monoisotopic (exact) mass is 1720 g/mol. The summed E-state index contributed by atoms with van der Waals surface area (Å²) in [4.78, 5) is 117. The van der Waals surface area contributed by atoms with Crippen molar-refractivity contribution in [3.8, 4) is 0 Å². The molecule has 0 aromatic rings. The number of piperidine rings is 1. The van der Waals surface area contributed by atoms with Crippen LogP contribution in [0, 0.1) is 5.92 Å². The van der Waals surface area contributed by atoms with Gasteiger partial charge < -0.3 is 156 Å². The molecule has 21 atom stereocenters. The van der Waals surface area contributed by atoms with Gasteiger partial charge in [0.15, 0.2) is 18.9 Å². The number of aliphatic hydroxyl groups is 13. The van der Waals surface area contributed by atoms with Crippen molar-refractivity contribution in [2.45, 2.75) is 283 Å². The van der Waals surface area contributed by atoms with Crippen LogP contribution in [0.5, 0.6) is 0 Å². The normalized spacial score (nSPS) is 28.4. The second-order valence-corrected chi connectivity index (χ2v) is 31.8. The highest BCUT2D eigenvalue weighted by Gasteiger charge is 2.47. The van der Waals surface area contributed by atoms with Crippen molar-refractivity contribution < 1.29 is 166 Å². The Morgan fingerprint density at radius 2 is 0.737 bits per heavy atom. The lowest BCUT2D eigenvalue weighted by Crippen LogP contribution is -2.59. The number of carbonyl (C=O) groups is 8. The molecule has 20 N–H and O–H groups in total. The van der Waals surface area contributed by atoms with Crippen LogP contribution in [0.3, 0.4) is 0 Å². The number of unbranched alkanes of at least 4 members (excludes halogenated alkanes) is 10. The van der Waals surface area contributed by atoms with Crippen molar-refractivity contribution in [2.24, 2.45) is 5.92 Å². The number of rotatable bonds is 61. The average molecular weight is 1720 g/mol. The van der Waals surface area contributed by atoms with Gasteiger partial charge in [-0.05, 0) is 77.0 Å². The van der Waals surface area contributed by atoms with Gasteiger partial charge in [-0.2, -0.15) is 0 Å². The van der Waals surface area contributed by atoms with Crippen LogP contribution in [-0.2, 0) is 94.6 Å². The quantitative estimate of drug-likeness (QED) is 0.0200. The molecule has 5 heterocycles. The molecule has 42 nitrogen and oxygen atoms in total. The first-order valence-electron chi connectivity index (χ1n) is 41.6. The lowest BCUT2D eigenvalue weighted by Gasteiger charge is -2.43. The zero-order valence-electron chi connectivity index (χ0n) is 67.8. The number of amides is 8. The van der Waals surface area contributed by atoms with Crippen LogP contribution < -0.4 is 31.9 Å². The van der Waals surface area contributed by atoms with E-state index in [0.717, 1.165) is 45.6 Å². The molecule has 43 heteroatoms. The molecule has 118 heavy (non-hydrogen) atoms. The fraction of sp³-hybridized carbons (Fsp3) is 0.893. The molecule has 1 unspecified atom stereocenters. The van der Waals surface area contributed by atoms with Gasteiger partial charge in [-0.15, -0.1) is 0 Å². The maximum absolute atomic E-state index is 14.2. The molecule has 5 saturated heterocycles. The van der Waals surface area contributed by atoms with Crippen molar-refractivity contribution in [3.05, 3.63) is 0 Å². The van der Waals surface area contributed by atoms with E-state index in [0.29, 0.717) is 70.6 Å². The zero-order valence-corrected chi connectivity index (χ0v) is 68.7. The van der Waals surface area contributed by atoms with Crippen LogP contribution >= 0.6 is 7.82 Å². The minimum absolute atomic E-state index is 0.0208. The summed E-state index contributed by atoms with van der Waals surface area (Å²) < 4.78 is 72.9. The number of nitrogens with one attached hydrogen (secondary N) is 6. The number of β-amino-alcohol motifs (C(OH)–C–C–N with tert-alkyl or cyclic N) is 1. The number of hydrogen-bond acceptors (Lipinski definition) is 33. The van der Waals surface area contributed by atoms with E-state index in [2.05, 4.69) is 36.4 Å². The summed E-state index contributed by atoms with van der Waals surface area (Å²) >= 11 is 0. The van der Waals surface area contributed by atoms with Gasteiger partial charge in [-0.25, -0.2) is 4.57 Å². The van der Waals surface area contributed by atoms with Crippen LogP contribution in [0.15, 0.2) is 0 Å². The highest BCUT2D eigenvalue weighted by molar-refractivity contribution is 7.47. The fourth-order valence-electron chi connectivity index (χ4n) is 13.9. The summed E-state index contributed by atoms with van der Waals surface area (Å²) in [5, 5.41) is 146. The van der Waals surface area contributed by atoms with Crippen molar-refractivity contribution >= 4 is 55.1 Å². The Morgan fingerprint density at radius 1 is 0.381 bits per heavy atom. The molecule has 8 amide bonds. The lowest BCUT2D eigenvalue weighted by atomic mass is 9.92. The molecular formula is C75H135N8O34P. The highest BCUT2D eigenvalue weighted by Crippen LogP contribution is 2.43. The third-order valence-corrected chi connectivity index (χ3v) is 21.8. The van der Waals surface area contributed by atoms with Gasteiger partial charge in [0.1, 0.15) is 79.4 Å². The van der Waals surface area contributed by atoms with Gasteiger partial charge >= 0.3 is 7.82 Å². The third kappa shape index (κ3) is 38.8. The summed E-state index contributed by atoms with van der Waals surface area (Å²) in [6.45, 7) is -0.449. The molecule has 5 rings (SSSR count). The lowest BCUT2D eigenvalue weighted by molar-refractivity contribution is -0.301. The molecular weight excluding hydrogens is 1590 g/mol. The Bertz CT molecular complexity index is 2930. The van der Waals surface area contributed by atoms with E-state index in [9.17, 15) is 114 Å². The predicted octanol–water partition coefficient (Wildman–Crippen LogP) is -5.14. The van der Waals surface area contributed by atoms with Crippen molar-refractivity contribution in [1.29, 1.82) is 0 Å². The second-order valence-electron chi connectivity index (χ2n) is 30.2. The van der Waals surface area contributed by atoms with E-state index in [4.69, 9.17) is 47.2 Å². The fourth-order valence-corrected chi connectivity index (χ4v) is 14.3. The number of phosphoric ester groups is 1. The summed E-state index contributed by atoms with van der Waals surface area (Å²) in [6.07, 6.45) is -12.9. The van der Waals surface area contributed by atoms with Crippen molar-refractivity contribution in [1.82, 2.24) is 41.7 Å².